The molecule has 2 rings (SSSR count). The highest BCUT2D eigenvalue weighted by molar-refractivity contribution is 5.33. The van der Waals surface area contributed by atoms with Crippen molar-refractivity contribution >= 4 is 0 Å². The molecule has 0 aromatic heterocycles. The third-order valence-corrected chi connectivity index (χ3v) is 3.76. The van der Waals surface area contributed by atoms with Gasteiger partial charge in [-0.15, -0.1) is 0 Å². The van der Waals surface area contributed by atoms with Crippen molar-refractivity contribution in [3.8, 4) is 0 Å². The van der Waals surface area contributed by atoms with Crippen LogP contribution in [0.25, 0.3) is 0 Å². The van der Waals surface area contributed by atoms with E-state index in [1.54, 1.807) is 0 Å². The summed E-state index contributed by atoms with van der Waals surface area (Å²) in [7, 11) is 4.39. The first-order chi connectivity index (χ1) is 8.24. The van der Waals surface area contributed by atoms with Gasteiger partial charge in [-0.25, -0.2) is 0 Å². The minimum atomic E-state index is 0.495. The highest BCUT2D eigenvalue weighted by Gasteiger charge is 2.29. The topological polar surface area (TPSA) is 15.3 Å². The summed E-state index contributed by atoms with van der Waals surface area (Å²) in [6, 6.07) is 10.0. The molecule has 2 nitrogen and oxygen atoms in total. The normalized spacial score (nSPS) is 23.8. The lowest BCUT2D eigenvalue weighted by atomic mass is 9.83. The molecule has 1 aromatic rings. The lowest BCUT2D eigenvalue weighted by Gasteiger charge is -2.38. The first-order valence-corrected chi connectivity index (χ1v) is 6.71. The molecule has 1 aliphatic carbocycles. The molecule has 0 spiro atoms. The molecule has 17 heavy (non-hydrogen) atoms. The molecule has 0 fully saturated rings. The Bertz CT molecular complexity index is 360. The second-order valence-corrected chi connectivity index (χ2v) is 5.20. The lowest BCUT2D eigenvalue weighted by molar-refractivity contribution is 0.206. The van der Waals surface area contributed by atoms with Crippen molar-refractivity contribution in [2.75, 3.05) is 20.6 Å². The molecule has 0 radical (unpaired) electrons. The van der Waals surface area contributed by atoms with Gasteiger partial charge in [0.2, 0.25) is 0 Å². The van der Waals surface area contributed by atoms with Crippen molar-refractivity contribution in [3.63, 3.8) is 0 Å². The highest BCUT2D eigenvalue weighted by atomic mass is 15.1. The molecule has 2 unspecified atom stereocenters. The van der Waals surface area contributed by atoms with E-state index in [1.807, 2.05) is 0 Å². The smallest absolute Gasteiger partial charge is 0.0480 e. The van der Waals surface area contributed by atoms with Gasteiger partial charge in [0.25, 0.3) is 0 Å². The summed E-state index contributed by atoms with van der Waals surface area (Å²) in [6.07, 6.45) is 3.66. The van der Waals surface area contributed by atoms with E-state index < -0.39 is 0 Å². The fourth-order valence-electron chi connectivity index (χ4n) is 2.84. The van der Waals surface area contributed by atoms with Crippen molar-refractivity contribution < 1.29 is 0 Å². The number of rotatable bonds is 4. The molecule has 0 heterocycles. The molecule has 0 bridgehead atoms. The Labute approximate surface area is 105 Å². The molecule has 1 N–H and O–H groups in total. The maximum Gasteiger partial charge on any atom is 0.0480 e. The first kappa shape index (κ1) is 12.6. The molecule has 2 atom stereocenters. The molecule has 94 valence electrons. The number of nitrogens with one attached hydrogen (secondary N) is 1. The summed E-state index contributed by atoms with van der Waals surface area (Å²) in [4.78, 5) is 2.36. The van der Waals surface area contributed by atoms with E-state index in [2.05, 4.69) is 55.5 Å². The minimum Gasteiger partial charge on any atom is -0.309 e. The van der Waals surface area contributed by atoms with Crippen molar-refractivity contribution in [1.29, 1.82) is 0 Å². The van der Waals surface area contributed by atoms with E-state index in [-0.39, 0.29) is 0 Å². The van der Waals surface area contributed by atoms with Crippen LogP contribution >= 0.6 is 0 Å². The van der Waals surface area contributed by atoms with E-state index in [1.165, 1.54) is 30.4 Å². The van der Waals surface area contributed by atoms with Gasteiger partial charge in [0, 0.05) is 12.1 Å². The molecule has 0 amide bonds. The summed E-state index contributed by atoms with van der Waals surface area (Å²) < 4.78 is 0. The quantitative estimate of drug-likeness (QED) is 0.858. The van der Waals surface area contributed by atoms with Crippen molar-refractivity contribution in [3.05, 3.63) is 35.4 Å². The molecule has 1 aromatic carbocycles. The Kier molecular flexibility index (Phi) is 4.19. The molecule has 1 aliphatic rings. The second kappa shape index (κ2) is 5.65. The zero-order valence-corrected chi connectivity index (χ0v) is 11.2. The van der Waals surface area contributed by atoms with Crippen LogP contribution in [0.15, 0.2) is 24.3 Å². The molecular formula is C15H24N2. The summed E-state index contributed by atoms with van der Waals surface area (Å²) >= 11 is 0. The maximum atomic E-state index is 3.72. The summed E-state index contributed by atoms with van der Waals surface area (Å²) in [5.74, 6) is 0. The van der Waals surface area contributed by atoms with Gasteiger partial charge in [-0.05, 0) is 51.0 Å². The number of hydrogen-bond acceptors (Lipinski definition) is 2. The van der Waals surface area contributed by atoms with Crippen LogP contribution in [0.4, 0.5) is 0 Å². The Hall–Kier alpha value is -0.860. The third kappa shape index (κ3) is 2.70. The third-order valence-electron chi connectivity index (χ3n) is 3.76. The Balaban J connectivity index is 2.25. The van der Waals surface area contributed by atoms with Crippen LogP contribution in [0.1, 0.15) is 36.9 Å². The van der Waals surface area contributed by atoms with E-state index >= 15 is 0 Å². The average molecular weight is 232 g/mol. The number of fused-ring (bicyclic) bond motifs is 1. The molecular weight excluding hydrogens is 208 g/mol. The summed E-state index contributed by atoms with van der Waals surface area (Å²) in [5, 5.41) is 3.72. The number of aryl methyl sites for hydroxylation is 1. The Morgan fingerprint density at radius 2 is 2.06 bits per heavy atom. The van der Waals surface area contributed by atoms with Gasteiger partial charge in [0.15, 0.2) is 0 Å². The van der Waals surface area contributed by atoms with Gasteiger partial charge in [0.05, 0.1) is 0 Å². The fraction of sp³-hybridized carbons (Fsp3) is 0.600. The van der Waals surface area contributed by atoms with Gasteiger partial charge in [-0.3, -0.25) is 0 Å². The highest BCUT2D eigenvalue weighted by Crippen LogP contribution is 2.31. The van der Waals surface area contributed by atoms with Crippen LogP contribution in [0.3, 0.4) is 0 Å². The van der Waals surface area contributed by atoms with Crippen molar-refractivity contribution in [1.82, 2.24) is 10.2 Å². The number of likely N-dealkylation sites (N-methyl/N-ethyl adjacent to an activating group) is 1. The zero-order chi connectivity index (χ0) is 12.3. The van der Waals surface area contributed by atoms with Gasteiger partial charge >= 0.3 is 0 Å². The predicted molar refractivity (Wildman–Crippen MR) is 73.3 cm³/mol. The SMILES string of the molecule is CCCNC1c2ccccc2CCC1N(C)C. The van der Waals surface area contributed by atoms with Crippen LogP contribution in [-0.2, 0) is 6.42 Å². The molecule has 0 saturated heterocycles. The molecule has 0 aliphatic heterocycles. The monoisotopic (exact) mass is 232 g/mol. The van der Waals surface area contributed by atoms with Gasteiger partial charge < -0.3 is 10.2 Å². The van der Waals surface area contributed by atoms with E-state index in [4.69, 9.17) is 0 Å². The standard InChI is InChI=1S/C15H24N2/c1-4-11-16-15-13-8-6-5-7-12(13)9-10-14(15)17(2)3/h5-8,14-16H,4,9-11H2,1-3H3. The van der Waals surface area contributed by atoms with Crippen LogP contribution in [0.5, 0.6) is 0 Å². The lowest BCUT2D eigenvalue weighted by Crippen LogP contribution is -2.44. The number of nitrogens with zero attached hydrogens (tertiary/aromatic N) is 1. The van der Waals surface area contributed by atoms with Gasteiger partial charge in [-0.1, -0.05) is 31.2 Å². The summed E-state index contributed by atoms with van der Waals surface area (Å²) in [5.41, 5.74) is 3.03. The van der Waals surface area contributed by atoms with Crippen LogP contribution < -0.4 is 5.32 Å². The van der Waals surface area contributed by atoms with E-state index in [9.17, 15) is 0 Å². The number of benzene rings is 1. The maximum absolute atomic E-state index is 3.72. The van der Waals surface area contributed by atoms with Gasteiger partial charge in [-0.2, -0.15) is 0 Å². The van der Waals surface area contributed by atoms with E-state index in [0.717, 1.165) is 6.54 Å². The fourth-order valence-corrected chi connectivity index (χ4v) is 2.84. The van der Waals surface area contributed by atoms with Crippen molar-refractivity contribution in [2.24, 2.45) is 0 Å². The van der Waals surface area contributed by atoms with Crippen LogP contribution in [0.2, 0.25) is 0 Å². The minimum absolute atomic E-state index is 0.495. The molecule has 2 heteroatoms. The second-order valence-electron chi connectivity index (χ2n) is 5.20. The summed E-state index contributed by atoms with van der Waals surface area (Å²) in [6.45, 7) is 3.33. The average Bonchev–Trinajstić information content (AvgIpc) is 2.35. The largest absolute Gasteiger partial charge is 0.309 e. The predicted octanol–water partition coefficient (Wildman–Crippen LogP) is 2.60. The van der Waals surface area contributed by atoms with Crippen LogP contribution in [-0.4, -0.2) is 31.6 Å². The molecule has 0 saturated carbocycles. The van der Waals surface area contributed by atoms with Crippen LogP contribution in [0, 0.1) is 0 Å². The van der Waals surface area contributed by atoms with E-state index in [0.29, 0.717) is 12.1 Å². The number of hydrogen-bond donors (Lipinski definition) is 1. The van der Waals surface area contributed by atoms with Crippen molar-refractivity contribution in [2.45, 2.75) is 38.3 Å². The Morgan fingerprint density at radius 3 is 2.76 bits per heavy atom. The van der Waals surface area contributed by atoms with Gasteiger partial charge in [0.1, 0.15) is 0 Å². The first-order valence-electron chi connectivity index (χ1n) is 6.71. The Morgan fingerprint density at radius 1 is 1.29 bits per heavy atom. The zero-order valence-electron chi connectivity index (χ0n) is 11.2.